The molecule has 2 nitrogen and oxygen atoms in total. The minimum absolute atomic E-state index is 0.701. The van der Waals surface area contributed by atoms with Gasteiger partial charge in [0.15, 0.2) is 0 Å². The van der Waals surface area contributed by atoms with Gasteiger partial charge < -0.3 is 9.47 Å². The highest BCUT2D eigenvalue weighted by Crippen LogP contribution is 2.33. The van der Waals surface area contributed by atoms with Crippen LogP contribution in [0, 0.1) is 0 Å². The van der Waals surface area contributed by atoms with E-state index in [-0.39, 0.29) is 0 Å². The maximum Gasteiger partial charge on any atom is 0.0485 e. The van der Waals surface area contributed by atoms with Crippen molar-refractivity contribution in [2.75, 3.05) is 14.1 Å². The Balaban J connectivity index is 1.92. The normalized spacial score (nSPS) is 18.1. The Bertz CT molecular complexity index is 624. The summed E-state index contributed by atoms with van der Waals surface area (Å²) in [6.45, 7) is 3.48. The van der Waals surface area contributed by atoms with E-state index in [0.29, 0.717) is 6.04 Å². The number of unbranched alkanes of at least 4 members (excludes halogenated alkanes) is 3. The van der Waals surface area contributed by atoms with Crippen LogP contribution < -0.4 is 0 Å². The molecule has 0 radical (unpaired) electrons. The van der Waals surface area contributed by atoms with Crippen molar-refractivity contribution in [1.82, 2.24) is 9.47 Å². The van der Waals surface area contributed by atoms with Crippen molar-refractivity contribution < 1.29 is 0 Å². The van der Waals surface area contributed by atoms with Crippen LogP contribution in [0.4, 0.5) is 0 Å². The van der Waals surface area contributed by atoms with Gasteiger partial charge in [-0.3, -0.25) is 0 Å². The molecule has 3 rings (SSSR count). The Morgan fingerprint density at radius 3 is 2.73 bits per heavy atom. The fourth-order valence-corrected chi connectivity index (χ4v) is 3.98. The molecule has 2 aromatic rings. The lowest BCUT2D eigenvalue weighted by molar-refractivity contribution is 0.266. The van der Waals surface area contributed by atoms with E-state index in [2.05, 4.69) is 54.8 Å². The number of hydrogen-bond acceptors (Lipinski definition) is 1. The summed E-state index contributed by atoms with van der Waals surface area (Å²) in [5.74, 6) is 0. The number of benzene rings is 1. The summed E-state index contributed by atoms with van der Waals surface area (Å²) in [5, 5.41) is 1.50. The van der Waals surface area contributed by atoms with Gasteiger partial charge in [-0.15, -0.1) is 0 Å². The zero-order valence-corrected chi connectivity index (χ0v) is 14.4. The van der Waals surface area contributed by atoms with Crippen LogP contribution in [0.1, 0.15) is 50.3 Å². The largest absolute Gasteiger partial charge is 0.344 e. The topological polar surface area (TPSA) is 8.17 Å². The van der Waals surface area contributed by atoms with Crippen molar-refractivity contribution in [1.29, 1.82) is 0 Å². The fraction of sp³-hybridized carbons (Fsp3) is 0.600. The summed E-state index contributed by atoms with van der Waals surface area (Å²) >= 11 is 0. The molecule has 1 aromatic heterocycles. The fourth-order valence-electron chi connectivity index (χ4n) is 3.98. The first-order valence-corrected chi connectivity index (χ1v) is 8.97. The number of nitrogens with zero attached hydrogens (tertiary/aromatic N) is 2. The molecule has 1 aromatic carbocycles. The zero-order valence-electron chi connectivity index (χ0n) is 14.4. The maximum absolute atomic E-state index is 2.63. The molecule has 0 N–H and O–H groups in total. The van der Waals surface area contributed by atoms with E-state index in [1.807, 2.05) is 0 Å². The summed E-state index contributed by atoms with van der Waals surface area (Å²) in [6, 6.07) is 9.74. The molecule has 0 bridgehead atoms. The maximum atomic E-state index is 2.63. The standard InChI is InChI=1S/C20H30N2/c1-4-5-6-9-14-22-19-11-8-7-10-17(19)18-15-16(21(2)3)12-13-20(18)22/h7-8,10-11,16H,4-6,9,12-15H2,1-3H3. The van der Waals surface area contributed by atoms with Gasteiger partial charge in [0.05, 0.1) is 0 Å². The third-order valence-electron chi connectivity index (χ3n) is 5.31. The van der Waals surface area contributed by atoms with Crippen LogP contribution in [-0.2, 0) is 19.4 Å². The number of rotatable bonds is 6. The van der Waals surface area contributed by atoms with Gasteiger partial charge in [-0.05, 0) is 51.4 Å². The molecule has 1 heterocycles. The van der Waals surface area contributed by atoms with Crippen molar-refractivity contribution in [3.05, 3.63) is 35.5 Å². The van der Waals surface area contributed by atoms with E-state index in [0.717, 1.165) is 0 Å². The van der Waals surface area contributed by atoms with Gasteiger partial charge in [-0.1, -0.05) is 44.4 Å². The third kappa shape index (κ3) is 2.94. The van der Waals surface area contributed by atoms with E-state index in [9.17, 15) is 0 Å². The monoisotopic (exact) mass is 298 g/mol. The Labute approximate surface area is 135 Å². The molecule has 1 unspecified atom stereocenters. The second-order valence-corrected chi connectivity index (χ2v) is 7.01. The lowest BCUT2D eigenvalue weighted by atomic mass is 9.91. The quantitative estimate of drug-likeness (QED) is 0.705. The molecule has 0 aliphatic heterocycles. The van der Waals surface area contributed by atoms with Crippen molar-refractivity contribution in [2.24, 2.45) is 0 Å². The van der Waals surface area contributed by atoms with Gasteiger partial charge in [-0.2, -0.15) is 0 Å². The molecule has 1 atom stereocenters. The molecular weight excluding hydrogens is 268 g/mol. The smallest absolute Gasteiger partial charge is 0.0485 e. The van der Waals surface area contributed by atoms with Crippen LogP contribution in [0.15, 0.2) is 24.3 Å². The van der Waals surface area contributed by atoms with Crippen LogP contribution >= 0.6 is 0 Å². The highest BCUT2D eigenvalue weighted by molar-refractivity contribution is 5.86. The number of likely N-dealkylation sites (N-methyl/N-ethyl adjacent to an activating group) is 1. The van der Waals surface area contributed by atoms with Crippen LogP contribution in [0.5, 0.6) is 0 Å². The Kier molecular flexibility index (Phi) is 4.87. The summed E-state index contributed by atoms with van der Waals surface area (Å²) in [5.41, 5.74) is 4.70. The van der Waals surface area contributed by atoms with Gasteiger partial charge in [0, 0.05) is 29.2 Å². The molecule has 2 heteroatoms. The predicted molar refractivity (Wildman–Crippen MR) is 95.6 cm³/mol. The SMILES string of the molecule is CCCCCCn1c2c(c3ccccc31)CC(N(C)C)CC2. The van der Waals surface area contributed by atoms with Crippen molar-refractivity contribution in [3.8, 4) is 0 Å². The van der Waals surface area contributed by atoms with E-state index in [1.165, 1.54) is 62.4 Å². The van der Waals surface area contributed by atoms with Crippen LogP contribution in [0.25, 0.3) is 10.9 Å². The van der Waals surface area contributed by atoms with Crippen molar-refractivity contribution in [3.63, 3.8) is 0 Å². The third-order valence-corrected chi connectivity index (χ3v) is 5.31. The van der Waals surface area contributed by atoms with Crippen molar-refractivity contribution in [2.45, 2.75) is 64.5 Å². The van der Waals surface area contributed by atoms with E-state index < -0.39 is 0 Å². The molecule has 0 fully saturated rings. The molecule has 0 saturated heterocycles. The van der Waals surface area contributed by atoms with Crippen LogP contribution in [-0.4, -0.2) is 29.6 Å². The molecule has 22 heavy (non-hydrogen) atoms. The van der Waals surface area contributed by atoms with E-state index in [4.69, 9.17) is 0 Å². The zero-order chi connectivity index (χ0) is 15.5. The van der Waals surface area contributed by atoms with Gasteiger partial charge in [-0.25, -0.2) is 0 Å². The first-order chi connectivity index (χ1) is 10.7. The number of aryl methyl sites for hydroxylation is 1. The predicted octanol–water partition coefficient (Wildman–Crippen LogP) is 4.64. The molecule has 0 saturated carbocycles. The lowest BCUT2D eigenvalue weighted by Gasteiger charge is -2.29. The average Bonchev–Trinajstić information content (AvgIpc) is 2.85. The Morgan fingerprint density at radius 2 is 1.95 bits per heavy atom. The second kappa shape index (κ2) is 6.87. The summed E-state index contributed by atoms with van der Waals surface area (Å²) in [4.78, 5) is 2.40. The van der Waals surface area contributed by atoms with E-state index in [1.54, 1.807) is 11.3 Å². The summed E-state index contributed by atoms with van der Waals surface area (Å²) < 4.78 is 2.63. The number of fused-ring (bicyclic) bond motifs is 3. The van der Waals surface area contributed by atoms with Gasteiger partial charge in [0.25, 0.3) is 0 Å². The summed E-state index contributed by atoms with van der Waals surface area (Å²) in [7, 11) is 4.44. The summed E-state index contributed by atoms with van der Waals surface area (Å²) in [6.07, 6.45) is 9.10. The molecule has 1 aliphatic rings. The first kappa shape index (κ1) is 15.6. The Morgan fingerprint density at radius 1 is 1.14 bits per heavy atom. The van der Waals surface area contributed by atoms with Gasteiger partial charge >= 0.3 is 0 Å². The van der Waals surface area contributed by atoms with Crippen molar-refractivity contribution >= 4 is 10.9 Å². The second-order valence-electron chi connectivity index (χ2n) is 7.01. The molecule has 0 amide bonds. The number of para-hydroxylation sites is 1. The minimum atomic E-state index is 0.701. The lowest BCUT2D eigenvalue weighted by Crippen LogP contribution is -2.33. The molecular formula is C20H30N2. The number of hydrogen-bond donors (Lipinski definition) is 0. The highest BCUT2D eigenvalue weighted by Gasteiger charge is 2.25. The average molecular weight is 298 g/mol. The minimum Gasteiger partial charge on any atom is -0.344 e. The van der Waals surface area contributed by atoms with Gasteiger partial charge in [0.2, 0.25) is 0 Å². The molecule has 1 aliphatic carbocycles. The van der Waals surface area contributed by atoms with Gasteiger partial charge in [0.1, 0.15) is 0 Å². The molecule has 120 valence electrons. The number of aromatic nitrogens is 1. The first-order valence-electron chi connectivity index (χ1n) is 8.97. The van der Waals surface area contributed by atoms with E-state index >= 15 is 0 Å². The Hall–Kier alpha value is -1.28. The molecule has 0 spiro atoms. The van der Waals surface area contributed by atoms with Crippen LogP contribution in [0.2, 0.25) is 0 Å². The highest BCUT2D eigenvalue weighted by atomic mass is 15.1. The van der Waals surface area contributed by atoms with Crippen LogP contribution in [0.3, 0.4) is 0 Å².